The number of hydrogen-bond donors (Lipinski definition) is 1. The summed E-state index contributed by atoms with van der Waals surface area (Å²) in [4.78, 5) is 10.9. The van der Waals surface area contributed by atoms with Gasteiger partial charge < -0.3 is 5.32 Å². The van der Waals surface area contributed by atoms with Gasteiger partial charge in [0.2, 0.25) is 5.91 Å². The number of carbonyl (C=O) groups excluding carboxylic acids is 1. The second-order valence-electron chi connectivity index (χ2n) is 2.89. The molecule has 0 aromatic carbocycles. The maximum Gasteiger partial charge on any atom is 0.221 e. The number of rotatable bonds is 6. The molecule has 0 aromatic rings. The molecule has 1 amide bonds. The highest BCUT2D eigenvalue weighted by molar-refractivity contribution is 7.84. The van der Waals surface area contributed by atoms with Gasteiger partial charge in [-0.05, 0) is 6.42 Å². The van der Waals surface area contributed by atoms with E-state index in [-0.39, 0.29) is 11.2 Å². The summed E-state index contributed by atoms with van der Waals surface area (Å²) in [5.74, 6) is 0.310. The largest absolute Gasteiger partial charge is 0.356 e. The van der Waals surface area contributed by atoms with Gasteiger partial charge in [0.15, 0.2) is 0 Å². The van der Waals surface area contributed by atoms with Gasteiger partial charge in [-0.15, -0.1) is 11.6 Å². The average Bonchev–Trinajstić information content (AvgIpc) is 2.04. The number of amides is 1. The lowest BCUT2D eigenvalue weighted by Gasteiger charge is -2.08. The summed E-state index contributed by atoms with van der Waals surface area (Å²) in [6.07, 6.45) is 2.77. The zero-order chi connectivity index (χ0) is 10.3. The summed E-state index contributed by atoms with van der Waals surface area (Å²) in [5, 5.41) is 2.85. The molecule has 0 aromatic heterocycles. The third-order valence-electron chi connectivity index (χ3n) is 1.76. The van der Waals surface area contributed by atoms with Crippen LogP contribution in [0.2, 0.25) is 0 Å². The van der Waals surface area contributed by atoms with E-state index in [0.717, 1.165) is 6.42 Å². The number of carbonyl (C=O) groups is 1. The lowest BCUT2D eigenvalue weighted by Crippen LogP contribution is -2.27. The molecule has 2 unspecified atom stereocenters. The van der Waals surface area contributed by atoms with E-state index < -0.39 is 10.8 Å². The zero-order valence-electron chi connectivity index (χ0n) is 8.01. The molecule has 0 aliphatic heterocycles. The smallest absolute Gasteiger partial charge is 0.221 e. The van der Waals surface area contributed by atoms with Crippen LogP contribution in [0.4, 0.5) is 0 Å². The van der Waals surface area contributed by atoms with Crippen LogP contribution < -0.4 is 5.32 Å². The molecule has 2 atom stereocenters. The van der Waals surface area contributed by atoms with Crippen molar-refractivity contribution in [2.24, 2.45) is 0 Å². The van der Waals surface area contributed by atoms with E-state index in [4.69, 9.17) is 11.6 Å². The monoisotopic (exact) mass is 225 g/mol. The fourth-order valence-electron chi connectivity index (χ4n) is 0.755. The van der Waals surface area contributed by atoms with E-state index in [9.17, 15) is 9.00 Å². The van der Waals surface area contributed by atoms with Crippen LogP contribution in [0, 0.1) is 0 Å². The highest BCUT2D eigenvalue weighted by atomic mass is 35.5. The Balaban J connectivity index is 3.44. The molecule has 5 heteroatoms. The molecule has 0 saturated carbocycles. The van der Waals surface area contributed by atoms with E-state index in [0.29, 0.717) is 18.8 Å². The lowest BCUT2D eigenvalue weighted by atomic mass is 10.3. The van der Waals surface area contributed by atoms with Gasteiger partial charge in [-0.1, -0.05) is 6.92 Å². The Kier molecular flexibility index (Phi) is 7.28. The van der Waals surface area contributed by atoms with Gasteiger partial charge in [0.25, 0.3) is 0 Å². The number of nitrogens with one attached hydrogen (secondary N) is 1. The van der Waals surface area contributed by atoms with Crippen molar-refractivity contribution in [2.75, 3.05) is 18.7 Å². The Labute approximate surface area is 86.7 Å². The van der Waals surface area contributed by atoms with Crippen LogP contribution in [0.25, 0.3) is 0 Å². The van der Waals surface area contributed by atoms with Crippen molar-refractivity contribution in [1.29, 1.82) is 0 Å². The van der Waals surface area contributed by atoms with Crippen molar-refractivity contribution in [3.63, 3.8) is 0 Å². The topological polar surface area (TPSA) is 46.2 Å². The zero-order valence-corrected chi connectivity index (χ0v) is 9.58. The van der Waals surface area contributed by atoms with Crippen LogP contribution in [0.1, 0.15) is 19.8 Å². The summed E-state index contributed by atoms with van der Waals surface area (Å²) < 4.78 is 10.9. The average molecular weight is 226 g/mol. The molecule has 0 bridgehead atoms. The van der Waals surface area contributed by atoms with Gasteiger partial charge in [-0.25, -0.2) is 0 Å². The van der Waals surface area contributed by atoms with Gasteiger partial charge in [-0.3, -0.25) is 9.00 Å². The van der Waals surface area contributed by atoms with E-state index in [1.807, 2.05) is 6.92 Å². The van der Waals surface area contributed by atoms with Crippen LogP contribution in [0.5, 0.6) is 0 Å². The molecule has 13 heavy (non-hydrogen) atoms. The predicted octanol–water partition coefficient (Wildman–Crippen LogP) is 0.889. The Bertz CT molecular complexity index is 187. The van der Waals surface area contributed by atoms with Gasteiger partial charge in [0.1, 0.15) is 0 Å². The Morgan fingerprint density at radius 3 is 2.69 bits per heavy atom. The van der Waals surface area contributed by atoms with Crippen LogP contribution in [-0.2, 0) is 15.6 Å². The molecule has 0 radical (unpaired) electrons. The third-order valence-corrected chi connectivity index (χ3v) is 3.32. The second-order valence-corrected chi connectivity index (χ2v) is 5.07. The normalized spacial score (nSPS) is 15.0. The fraction of sp³-hybridized carbons (Fsp3) is 0.875. The molecule has 0 aliphatic rings. The van der Waals surface area contributed by atoms with Gasteiger partial charge in [0, 0.05) is 41.2 Å². The molecule has 0 aliphatic carbocycles. The summed E-state index contributed by atoms with van der Waals surface area (Å²) in [6, 6.07) is 0. The molecular weight excluding hydrogens is 210 g/mol. The van der Waals surface area contributed by atoms with Crippen molar-refractivity contribution in [3.05, 3.63) is 0 Å². The standard InChI is InChI=1S/C8H16ClNO2S/c1-7(13(2)12)4-6-10-8(11)3-5-9/h7H,3-6H2,1-2H3,(H,10,11). The highest BCUT2D eigenvalue weighted by Gasteiger charge is 2.06. The molecule has 0 rings (SSSR count). The fourth-order valence-corrected chi connectivity index (χ4v) is 1.38. The first kappa shape index (κ1) is 12.9. The minimum Gasteiger partial charge on any atom is -0.356 e. The number of halogens is 1. The van der Waals surface area contributed by atoms with Crippen LogP contribution in [0.3, 0.4) is 0 Å². The minimum absolute atomic E-state index is 0.0379. The number of alkyl halides is 1. The van der Waals surface area contributed by atoms with Crippen LogP contribution in [-0.4, -0.2) is 34.0 Å². The summed E-state index contributed by atoms with van der Waals surface area (Å²) >= 11 is 5.38. The van der Waals surface area contributed by atoms with Crippen molar-refractivity contribution < 1.29 is 9.00 Å². The van der Waals surface area contributed by atoms with Gasteiger partial charge in [0.05, 0.1) is 0 Å². The summed E-state index contributed by atoms with van der Waals surface area (Å²) in [6.45, 7) is 2.49. The van der Waals surface area contributed by atoms with Crippen molar-refractivity contribution in [1.82, 2.24) is 5.32 Å². The predicted molar refractivity (Wildman–Crippen MR) is 56.5 cm³/mol. The quantitative estimate of drug-likeness (QED) is 0.683. The van der Waals surface area contributed by atoms with Crippen LogP contribution in [0.15, 0.2) is 0 Å². The molecule has 0 fully saturated rings. The first-order chi connectivity index (χ1) is 6.07. The minimum atomic E-state index is -0.806. The van der Waals surface area contributed by atoms with Crippen molar-refractivity contribution in [3.8, 4) is 0 Å². The molecule has 0 heterocycles. The van der Waals surface area contributed by atoms with Gasteiger partial charge in [-0.2, -0.15) is 0 Å². The Morgan fingerprint density at radius 1 is 1.62 bits per heavy atom. The Hall–Kier alpha value is -0.0900. The van der Waals surface area contributed by atoms with Crippen LogP contribution >= 0.6 is 11.6 Å². The maximum atomic E-state index is 10.9. The molecule has 0 spiro atoms. The second kappa shape index (κ2) is 7.33. The number of hydrogen-bond acceptors (Lipinski definition) is 2. The third kappa shape index (κ3) is 7.02. The molecule has 78 valence electrons. The maximum absolute atomic E-state index is 10.9. The highest BCUT2D eigenvalue weighted by Crippen LogP contribution is 1.97. The van der Waals surface area contributed by atoms with Gasteiger partial charge >= 0.3 is 0 Å². The molecular formula is C8H16ClNO2S. The first-order valence-corrected chi connectivity index (χ1v) is 6.38. The van der Waals surface area contributed by atoms with Crippen molar-refractivity contribution in [2.45, 2.75) is 25.0 Å². The van der Waals surface area contributed by atoms with E-state index in [2.05, 4.69) is 5.32 Å². The Morgan fingerprint density at radius 2 is 2.23 bits per heavy atom. The van der Waals surface area contributed by atoms with E-state index >= 15 is 0 Å². The SMILES string of the molecule is CC(CCNC(=O)CCCl)S(C)=O. The molecule has 1 N–H and O–H groups in total. The lowest BCUT2D eigenvalue weighted by molar-refractivity contribution is -0.120. The molecule has 0 saturated heterocycles. The van der Waals surface area contributed by atoms with Crippen molar-refractivity contribution >= 4 is 28.3 Å². The van der Waals surface area contributed by atoms with E-state index in [1.165, 1.54) is 0 Å². The molecule has 3 nitrogen and oxygen atoms in total. The first-order valence-electron chi connectivity index (χ1n) is 4.22. The summed E-state index contributed by atoms with van der Waals surface area (Å²) in [7, 11) is -0.806. The van der Waals surface area contributed by atoms with E-state index in [1.54, 1.807) is 6.26 Å². The summed E-state index contributed by atoms with van der Waals surface area (Å²) in [5.41, 5.74) is 0.